The summed E-state index contributed by atoms with van der Waals surface area (Å²) < 4.78 is 5.90. The molecule has 0 aliphatic carbocycles. The van der Waals surface area contributed by atoms with E-state index < -0.39 is 0 Å². The summed E-state index contributed by atoms with van der Waals surface area (Å²) in [6.07, 6.45) is 6.84. The molecule has 0 aromatic carbocycles. The molecule has 0 aromatic rings. The predicted molar refractivity (Wildman–Crippen MR) is 81.8 cm³/mol. The molecule has 3 aliphatic rings. The minimum absolute atomic E-state index is 0.207. The first-order chi connectivity index (χ1) is 9.71. The van der Waals surface area contributed by atoms with Crippen LogP contribution >= 0.6 is 0 Å². The predicted octanol–water partition coefficient (Wildman–Crippen LogP) is 1.44. The summed E-state index contributed by atoms with van der Waals surface area (Å²) in [4.78, 5) is 5.46. The van der Waals surface area contributed by atoms with Crippen LogP contribution in [0.3, 0.4) is 0 Å². The van der Waals surface area contributed by atoms with Crippen molar-refractivity contribution in [1.82, 2.24) is 9.80 Å². The molecule has 116 valence electrons. The fourth-order valence-electron chi connectivity index (χ4n) is 4.79. The molecule has 0 aromatic heterocycles. The maximum absolute atomic E-state index is 6.36. The van der Waals surface area contributed by atoms with Crippen molar-refractivity contribution in [1.29, 1.82) is 0 Å². The molecule has 3 rings (SSSR count). The Morgan fingerprint density at radius 3 is 2.90 bits per heavy atom. The van der Waals surface area contributed by atoms with Gasteiger partial charge in [-0.25, -0.2) is 0 Å². The van der Waals surface area contributed by atoms with Crippen molar-refractivity contribution in [3.05, 3.63) is 0 Å². The van der Waals surface area contributed by atoms with E-state index in [0.717, 1.165) is 19.7 Å². The smallest absolute Gasteiger partial charge is 0.0675 e. The highest BCUT2D eigenvalue weighted by Gasteiger charge is 2.53. The first-order valence-electron chi connectivity index (χ1n) is 8.53. The molecule has 4 atom stereocenters. The van der Waals surface area contributed by atoms with Crippen LogP contribution in [-0.4, -0.2) is 66.3 Å². The molecule has 3 heterocycles. The molecule has 3 aliphatic heterocycles. The number of nitrogens with zero attached hydrogens (tertiary/aromatic N) is 2. The number of nitrogens with two attached hydrogens (primary N) is 1. The minimum atomic E-state index is 0.207. The number of ether oxygens (including phenoxy) is 1. The van der Waals surface area contributed by atoms with Gasteiger partial charge < -0.3 is 10.5 Å². The zero-order chi connectivity index (χ0) is 14.2. The topological polar surface area (TPSA) is 41.7 Å². The summed E-state index contributed by atoms with van der Waals surface area (Å²) in [6.45, 7) is 9.75. The van der Waals surface area contributed by atoms with Crippen LogP contribution in [0.15, 0.2) is 0 Å². The average Bonchev–Trinajstić information content (AvgIpc) is 2.87. The van der Waals surface area contributed by atoms with Crippen molar-refractivity contribution in [2.75, 3.05) is 32.8 Å². The van der Waals surface area contributed by atoms with Gasteiger partial charge in [0.1, 0.15) is 0 Å². The van der Waals surface area contributed by atoms with Crippen LogP contribution in [-0.2, 0) is 4.74 Å². The maximum atomic E-state index is 6.36. The number of morpholine rings is 1. The van der Waals surface area contributed by atoms with Crippen LogP contribution in [0.4, 0.5) is 0 Å². The fourth-order valence-corrected chi connectivity index (χ4v) is 4.79. The van der Waals surface area contributed by atoms with Crippen LogP contribution in [0.2, 0.25) is 0 Å². The van der Waals surface area contributed by atoms with E-state index in [0.29, 0.717) is 18.2 Å². The third-order valence-corrected chi connectivity index (χ3v) is 5.93. The van der Waals surface area contributed by atoms with E-state index in [4.69, 9.17) is 10.5 Å². The number of fused-ring (bicyclic) bond motifs is 1. The highest BCUT2D eigenvalue weighted by Crippen LogP contribution is 2.41. The highest BCUT2D eigenvalue weighted by atomic mass is 16.5. The Morgan fingerprint density at radius 2 is 2.15 bits per heavy atom. The zero-order valence-electron chi connectivity index (χ0n) is 13.2. The lowest BCUT2D eigenvalue weighted by molar-refractivity contribution is -0.109. The first-order valence-corrected chi connectivity index (χ1v) is 8.53. The Balaban J connectivity index is 1.86. The van der Waals surface area contributed by atoms with E-state index in [9.17, 15) is 0 Å². The summed E-state index contributed by atoms with van der Waals surface area (Å²) in [5, 5.41) is 0. The van der Waals surface area contributed by atoms with Crippen LogP contribution in [0.1, 0.15) is 46.0 Å². The van der Waals surface area contributed by atoms with Crippen LogP contribution < -0.4 is 5.73 Å². The van der Waals surface area contributed by atoms with Crippen molar-refractivity contribution in [2.45, 2.75) is 69.7 Å². The Hall–Kier alpha value is -0.160. The van der Waals surface area contributed by atoms with Crippen molar-refractivity contribution in [3.63, 3.8) is 0 Å². The van der Waals surface area contributed by atoms with Gasteiger partial charge in [-0.3, -0.25) is 9.80 Å². The molecular formula is C16H31N3O. The minimum Gasteiger partial charge on any atom is -0.376 e. The zero-order valence-corrected chi connectivity index (χ0v) is 13.2. The second kappa shape index (κ2) is 5.91. The molecule has 4 nitrogen and oxygen atoms in total. The molecule has 2 N–H and O–H groups in total. The van der Waals surface area contributed by atoms with Crippen LogP contribution in [0.25, 0.3) is 0 Å². The van der Waals surface area contributed by atoms with Gasteiger partial charge in [0.25, 0.3) is 0 Å². The molecular weight excluding hydrogens is 250 g/mol. The van der Waals surface area contributed by atoms with Gasteiger partial charge in [0, 0.05) is 31.7 Å². The molecule has 0 bridgehead atoms. The lowest BCUT2D eigenvalue weighted by Crippen LogP contribution is -2.67. The number of rotatable bonds is 3. The number of piperidine rings is 1. The van der Waals surface area contributed by atoms with Gasteiger partial charge >= 0.3 is 0 Å². The van der Waals surface area contributed by atoms with Crippen molar-refractivity contribution < 1.29 is 4.74 Å². The van der Waals surface area contributed by atoms with Crippen LogP contribution in [0.5, 0.6) is 0 Å². The lowest BCUT2D eigenvalue weighted by atomic mass is 9.82. The van der Waals surface area contributed by atoms with Gasteiger partial charge in [-0.05, 0) is 39.2 Å². The van der Waals surface area contributed by atoms with E-state index in [-0.39, 0.29) is 5.54 Å². The molecule has 3 fully saturated rings. The Morgan fingerprint density at radius 1 is 1.30 bits per heavy atom. The second-order valence-corrected chi connectivity index (χ2v) is 6.96. The molecule has 4 heteroatoms. The highest BCUT2D eigenvalue weighted by molar-refractivity contribution is 5.10. The van der Waals surface area contributed by atoms with Gasteiger partial charge in [-0.2, -0.15) is 0 Å². The van der Waals surface area contributed by atoms with Gasteiger partial charge in [-0.1, -0.05) is 13.3 Å². The third kappa shape index (κ3) is 2.31. The van der Waals surface area contributed by atoms with Gasteiger partial charge in [0.05, 0.1) is 18.2 Å². The normalized spacial score (nSPS) is 43.6. The first kappa shape index (κ1) is 14.8. The van der Waals surface area contributed by atoms with E-state index in [1.54, 1.807) is 0 Å². The largest absolute Gasteiger partial charge is 0.376 e. The van der Waals surface area contributed by atoms with Gasteiger partial charge in [-0.15, -0.1) is 0 Å². The second-order valence-electron chi connectivity index (χ2n) is 6.96. The van der Waals surface area contributed by atoms with Crippen molar-refractivity contribution in [2.24, 2.45) is 5.73 Å². The van der Waals surface area contributed by atoms with Gasteiger partial charge in [0.15, 0.2) is 0 Å². The molecule has 0 radical (unpaired) electrons. The van der Waals surface area contributed by atoms with E-state index in [1.165, 1.54) is 45.2 Å². The lowest BCUT2D eigenvalue weighted by Gasteiger charge is -2.53. The molecule has 20 heavy (non-hydrogen) atoms. The van der Waals surface area contributed by atoms with E-state index in [2.05, 4.69) is 23.6 Å². The summed E-state index contributed by atoms with van der Waals surface area (Å²) in [5.74, 6) is 0. The van der Waals surface area contributed by atoms with E-state index >= 15 is 0 Å². The van der Waals surface area contributed by atoms with Gasteiger partial charge in [0.2, 0.25) is 0 Å². The quantitative estimate of drug-likeness (QED) is 0.850. The Labute approximate surface area is 123 Å². The third-order valence-electron chi connectivity index (χ3n) is 5.93. The SMILES string of the molecule is CCC1COC(C)CN1C1(CN)CCN2CCCCC21. The average molecular weight is 281 g/mol. The standard InChI is InChI=1S/C16H31N3O/c1-3-14-11-20-13(2)10-19(14)16(12-17)7-9-18-8-5-4-6-15(16)18/h13-15H,3-12,17H2,1-2H3. The number of hydrogen-bond donors (Lipinski definition) is 1. The molecule has 4 unspecified atom stereocenters. The summed E-state index contributed by atoms with van der Waals surface area (Å²) >= 11 is 0. The molecule has 0 spiro atoms. The Bertz CT molecular complexity index is 338. The summed E-state index contributed by atoms with van der Waals surface area (Å²) in [6, 6.07) is 1.23. The monoisotopic (exact) mass is 281 g/mol. The molecule has 0 amide bonds. The molecule has 3 saturated heterocycles. The summed E-state index contributed by atoms with van der Waals surface area (Å²) in [7, 11) is 0. The van der Waals surface area contributed by atoms with Crippen molar-refractivity contribution >= 4 is 0 Å². The number of hydrogen-bond acceptors (Lipinski definition) is 4. The van der Waals surface area contributed by atoms with Crippen molar-refractivity contribution in [3.8, 4) is 0 Å². The van der Waals surface area contributed by atoms with E-state index in [1.807, 2.05) is 0 Å². The Kier molecular flexibility index (Phi) is 4.37. The van der Waals surface area contributed by atoms with Crippen LogP contribution in [0, 0.1) is 0 Å². The maximum Gasteiger partial charge on any atom is 0.0675 e. The summed E-state index contributed by atoms with van der Waals surface area (Å²) in [5.41, 5.74) is 6.57. The fraction of sp³-hybridized carbons (Fsp3) is 1.00. The molecule has 0 saturated carbocycles.